The van der Waals surface area contributed by atoms with E-state index >= 15 is 0 Å². The molecule has 2 nitrogen and oxygen atoms in total. The fraction of sp³-hybridized carbons (Fsp3) is 0.160. The minimum atomic E-state index is 0.0996. The van der Waals surface area contributed by atoms with Crippen LogP contribution in [0, 0.1) is 0 Å². The molecule has 256 valence electrons. The lowest BCUT2D eigenvalue weighted by molar-refractivity contribution is 0.590. The molecular formula is C50H46N2. The molecule has 0 aliphatic heterocycles. The number of rotatable bonds is 8. The van der Waals surface area contributed by atoms with Crippen molar-refractivity contribution in [2.24, 2.45) is 0 Å². The zero-order valence-electron chi connectivity index (χ0n) is 30.8. The van der Waals surface area contributed by atoms with Crippen LogP contribution in [-0.4, -0.2) is 4.57 Å². The summed E-state index contributed by atoms with van der Waals surface area (Å²) in [6, 6.07) is 62.4. The average Bonchev–Trinajstić information content (AvgIpc) is 3.51. The van der Waals surface area contributed by atoms with Crippen LogP contribution in [0.4, 0.5) is 17.1 Å². The van der Waals surface area contributed by atoms with Gasteiger partial charge in [0.25, 0.3) is 0 Å². The Kier molecular flexibility index (Phi) is 8.77. The van der Waals surface area contributed by atoms with Crippen LogP contribution in [0.3, 0.4) is 0 Å². The van der Waals surface area contributed by atoms with E-state index in [4.69, 9.17) is 0 Å². The Labute approximate surface area is 308 Å². The molecule has 0 amide bonds. The van der Waals surface area contributed by atoms with E-state index in [0.717, 1.165) is 23.5 Å². The number of benzene rings is 7. The smallest absolute Gasteiger partial charge is 0.0541 e. The number of anilines is 3. The predicted octanol–water partition coefficient (Wildman–Crippen LogP) is 14.4. The van der Waals surface area contributed by atoms with E-state index < -0.39 is 0 Å². The molecule has 1 atom stereocenters. The number of nitrogens with zero attached hydrogens (tertiary/aromatic N) is 2. The Balaban J connectivity index is 1.24. The first-order valence-electron chi connectivity index (χ1n) is 18.6. The van der Waals surface area contributed by atoms with Crippen LogP contribution in [0.25, 0.3) is 49.7 Å². The van der Waals surface area contributed by atoms with Crippen LogP contribution in [0.2, 0.25) is 0 Å². The van der Waals surface area contributed by atoms with Crippen molar-refractivity contribution >= 4 is 38.9 Å². The third-order valence-electron chi connectivity index (χ3n) is 10.7. The fourth-order valence-corrected chi connectivity index (χ4v) is 7.42. The molecule has 0 aliphatic carbocycles. The van der Waals surface area contributed by atoms with Crippen LogP contribution in [-0.2, 0) is 5.41 Å². The van der Waals surface area contributed by atoms with Gasteiger partial charge in [-0.2, -0.15) is 0 Å². The van der Waals surface area contributed by atoms with Crippen LogP contribution in [0.15, 0.2) is 170 Å². The highest BCUT2D eigenvalue weighted by molar-refractivity contribution is 6.11. The van der Waals surface area contributed by atoms with E-state index in [1.54, 1.807) is 0 Å². The molecule has 8 aromatic rings. The van der Waals surface area contributed by atoms with E-state index in [2.05, 4.69) is 214 Å². The molecule has 0 aliphatic rings. The Hall–Kier alpha value is -5.86. The van der Waals surface area contributed by atoms with Crippen molar-refractivity contribution in [2.75, 3.05) is 4.90 Å². The average molecular weight is 675 g/mol. The van der Waals surface area contributed by atoms with Crippen LogP contribution in [0.5, 0.6) is 0 Å². The molecule has 0 radical (unpaired) electrons. The molecule has 7 aromatic carbocycles. The summed E-state index contributed by atoms with van der Waals surface area (Å²) in [6.07, 6.45) is 1.14. The summed E-state index contributed by atoms with van der Waals surface area (Å²) in [5, 5.41) is 2.51. The Morgan fingerprint density at radius 3 is 1.40 bits per heavy atom. The summed E-state index contributed by atoms with van der Waals surface area (Å²) in [7, 11) is 0. The van der Waals surface area contributed by atoms with E-state index in [1.807, 2.05) is 0 Å². The minimum Gasteiger partial charge on any atom is -0.311 e. The number of fused-ring (bicyclic) bond motifs is 3. The zero-order valence-corrected chi connectivity index (χ0v) is 30.8. The second-order valence-corrected chi connectivity index (χ2v) is 15.1. The van der Waals surface area contributed by atoms with Crippen molar-refractivity contribution in [1.82, 2.24) is 4.57 Å². The quantitative estimate of drug-likeness (QED) is 0.156. The third kappa shape index (κ3) is 6.31. The first-order valence-corrected chi connectivity index (χ1v) is 18.6. The second kappa shape index (κ2) is 13.7. The van der Waals surface area contributed by atoms with Gasteiger partial charge in [-0.25, -0.2) is 0 Å². The van der Waals surface area contributed by atoms with Gasteiger partial charge in [0.15, 0.2) is 0 Å². The van der Waals surface area contributed by atoms with Crippen molar-refractivity contribution in [1.29, 1.82) is 0 Å². The van der Waals surface area contributed by atoms with Gasteiger partial charge in [-0.3, -0.25) is 0 Å². The van der Waals surface area contributed by atoms with Gasteiger partial charge in [-0.1, -0.05) is 132 Å². The summed E-state index contributed by atoms with van der Waals surface area (Å²) in [4.78, 5) is 2.31. The van der Waals surface area contributed by atoms with Gasteiger partial charge >= 0.3 is 0 Å². The Bertz CT molecular complexity index is 2410. The molecule has 8 rings (SSSR count). The molecule has 0 spiro atoms. The van der Waals surface area contributed by atoms with Crippen LogP contribution < -0.4 is 4.90 Å². The van der Waals surface area contributed by atoms with Gasteiger partial charge < -0.3 is 9.47 Å². The number of aromatic nitrogens is 1. The van der Waals surface area contributed by atoms with E-state index in [9.17, 15) is 0 Å². The van der Waals surface area contributed by atoms with E-state index in [0.29, 0.717) is 5.92 Å². The van der Waals surface area contributed by atoms with E-state index in [-0.39, 0.29) is 5.41 Å². The highest BCUT2D eigenvalue weighted by Gasteiger charge is 2.18. The normalized spacial score (nSPS) is 12.3. The summed E-state index contributed by atoms with van der Waals surface area (Å²) in [6.45, 7) is 11.4. The van der Waals surface area contributed by atoms with Crippen LogP contribution >= 0.6 is 0 Å². The molecule has 0 bridgehead atoms. The molecule has 0 saturated carbocycles. The summed E-state index contributed by atoms with van der Waals surface area (Å²) < 4.78 is 2.43. The zero-order chi connectivity index (χ0) is 35.8. The van der Waals surface area contributed by atoms with Crippen molar-refractivity contribution in [2.45, 2.75) is 52.4 Å². The van der Waals surface area contributed by atoms with Gasteiger partial charge in [0.2, 0.25) is 0 Å². The van der Waals surface area contributed by atoms with Crippen molar-refractivity contribution in [3.63, 3.8) is 0 Å². The molecule has 1 heterocycles. The maximum Gasteiger partial charge on any atom is 0.0541 e. The largest absolute Gasteiger partial charge is 0.311 e. The van der Waals surface area contributed by atoms with E-state index in [1.165, 1.54) is 60.9 Å². The summed E-state index contributed by atoms with van der Waals surface area (Å²) in [5.41, 5.74) is 14.7. The molecule has 1 unspecified atom stereocenters. The van der Waals surface area contributed by atoms with Gasteiger partial charge in [-0.05, 0) is 124 Å². The van der Waals surface area contributed by atoms with Gasteiger partial charge in [-0.15, -0.1) is 0 Å². The minimum absolute atomic E-state index is 0.0996. The van der Waals surface area contributed by atoms with Crippen molar-refractivity contribution in [3.8, 4) is 27.9 Å². The van der Waals surface area contributed by atoms with Crippen molar-refractivity contribution < 1.29 is 0 Å². The standard InChI is InChI=1S/C50H46N2/c1-6-35(2)36-17-19-37(20-18-36)39-23-31-48-46(33-39)47-34-40(24-32-49(47)52(48)45-29-25-41(26-30-45)50(3,4)5)38-21-27-44(28-22-38)51(42-13-9-7-10-14-42)43-15-11-8-12-16-43/h7-35H,6H2,1-5H3. The second-order valence-electron chi connectivity index (χ2n) is 15.1. The molecule has 0 N–H and O–H groups in total. The summed E-state index contributed by atoms with van der Waals surface area (Å²) in [5.74, 6) is 0.561. The molecule has 0 saturated heterocycles. The number of hydrogen-bond donors (Lipinski definition) is 0. The lowest BCUT2D eigenvalue weighted by Gasteiger charge is -2.25. The fourth-order valence-electron chi connectivity index (χ4n) is 7.42. The molecule has 1 aromatic heterocycles. The highest BCUT2D eigenvalue weighted by atomic mass is 15.1. The lowest BCUT2D eigenvalue weighted by Crippen LogP contribution is -2.10. The monoisotopic (exact) mass is 674 g/mol. The molecular weight excluding hydrogens is 629 g/mol. The van der Waals surface area contributed by atoms with Crippen LogP contribution in [0.1, 0.15) is 58.1 Å². The van der Waals surface area contributed by atoms with Crippen molar-refractivity contribution in [3.05, 3.63) is 181 Å². The highest BCUT2D eigenvalue weighted by Crippen LogP contribution is 2.39. The summed E-state index contributed by atoms with van der Waals surface area (Å²) >= 11 is 0. The maximum atomic E-state index is 2.43. The van der Waals surface area contributed by atoms with Gasteiger partial charge in [0.1, 0.15) is 0 Å². The Morgan fingerprint density at radius 1 is 0.500 bits per heavy atom. The first kappa shape index (κ1) is 33.3. The molecule has 0 fully saturated rings. The SMILES string of the molecule is CCC(C)c1ccc(-c2ccc3c(c2)c2cc(-c4ccc(N(c5ccccc5)c5ccccc5)cc4)ccc2n3-c2ccc(C(C)(C)C)cc2)cc1. The van der Waals surface area contributed by atoms with Gasteiger partial charge in [0.05, 0.1) is 11.0 Å². The Morgan fingerprint density at radius 2 is 0.942 bits per heavy atom. The number of para-hydroxylation sites is 2. The maximum absolute atomic E-state index is 2.43. The predicted molar refractivity (Wildman–Crippen MR) is 224 cm³/mol. The topological polar surface area (TPSA) is 8.17 Å². The van der Waals surface area contributed by atoms with Gasteiger partial charge in [0, 0.05) is 33.5 Å². The lowest BCUT2D eigenvalue weighted by atomic mass is 9.87. The molecule has 52 heavy (non-hydrogen) atoms. The molecule has 2 heteroatoms. The number of hydrogen-bond acceptors (Lipinski definition) is 1. The third-order valence-corrected chi connectivity index (χ3v) is 10.7. The first-order chi connectivity index (χ1) is 25.3.